The topological polar surface area (TPSA) is 218 Å². The molecule has 2 aliphatic heterocycles. The second-order valence-corrected chi connectivity index (χ2v) is 13.9. The second kappa shape index (κ2) is 20.2. The van der Waals surface area contributed by atoms with Gasteiger partial charge in [-0.2, -0.15) is 0 Å². The number of carboxylic acids is 1. The van der Waals surface area contributed by atoms with Crippen LogP contribution in [0.3, 0.4) is 0 Å². The van der Waals surface area contributed by atoms with Crippen LogP contribution in [0.4, 0.5) is 4.79 Å². The van der Waals surface area contributed by atoms with Gasteiger partial charge in [-0.1, -0.05) is 71.7 Å². The maximum Gasteiger partial charge on any atom is 0.505 e. The average molecular weight is 854 g/mol. The number of alkyl halides is 1. The van der Waals surface area contributed by atoms with E-state index in [4.69, 9.17) is 47.5 Å². The zero-order valence-electron chi connectivity index (χ0n) is 30.9. The Morgan fingerprint density at radius 2 is 1.28 bits per heavy atom. The molecule has 14 nitrogen and oxygen atoms in total. The van der Waals surface area contributed by atoms with Gasteiger partial charge < -0.3 is 44.9 Å². The van der Waals surface area contributed by atoms with Gasteiger partial charge in [-0.3, -0.25) is 19.2 Å². The van der Waals surface area contributed by atoms with E-state index in [1.807, 2.05) is 36.4 Å². The minimum Gasteiger partial charge on any atom is -0.481 e. The van der Waals surface area contributed by atoms with E-state index in [0.717, 1.165) is 11.1 Å². The Morgan fingerprint density at radius 1 is 0.776 bits per heavy atom. The summed E-state index contributed by atoms with van der Waals surface area (Å²) in [7, 11) is -2.47. The highest BCUT2D eigenvalue weighted by molar-refractivity contribution is 6.62. The highest BCUT2D eigenvalue weighted by atomic mass is 35.5. The van der Waals surface area contributed by atoms with Gasteiger partial charge in [0.25, 0.3) is 11.8 Å². The van der Waals surface area contributed by atoms with Gasteiger partial charge in [0.1, 0.15) is 12.6 Å². The largest absolute Gasteiger partial charge is 0.505 e. The van der Waals surface area contributed by atoms with Crippen LogP contribution in [0.2, 0.25) is 10.0 Å². The number of hydrogen-bond acceptors (Lipinski definition) is 10. The summed E-state index contributed by atoms with van der Waals surface area (Å²) >= 11 is 17.1. The summed E-state index contributed by atoms with van der Waals surface area (Å²) in [6, 6.07) is 20.5. The lowest BCUT2D eigenvalue weighted by molar-refractivity contribution is -0.137. The van der Waals surface area contributed by atoms with Crippen LogP contribution in [0.1, 0.15) is 68.2 Å². The highest BCUT2D eigenvalue weighted by Gasteiger charge is 2.33. The van der Waals surface area contributed by atoms with Crippen molar-refractivity contribution in [3.63, 3.8) is 0 Å². The number of hydrogen-bond donors (Lipinski definition) is 6. The van der Waals surface area contributed by atoms with Crippen molar-refractivity contribution >= 4 is 89.7 Å². The molecule has 0 saturated carbocycles. The molecule has 7 rings (SSSR count). The molecule has 1 atom stereocenters. The Labute approximate surface area is 348 Å². The summed E-state index contributed by atoms with van der Waals surface area (Å²) in [6.45, 7) is 0.0495. The minimum atomic E-state index is -1.24. The van der Waals surface area contributed by atoms with Gasteiger partial charge in [-0.05, 0) is 75.0 Å². The third-order valence-corrected chi connectivity index (χ3v) is 10.3. The van der Waals surface area contributed by atoms with Crippen molar-refractivity contribution in [3.8, 4) is 11.1 Å². The Bertz CT molecular complexity index is 2170. The lowest BCUT2D eigenvalue weighted by atomic mass is 9.78. The molecule has 58 heavy (non-hydrogen) atoms. The van der Waals surface area contributed by atoms with E-state index in [1.54, 1.807) is 0 Å². The van der Waals surface area contributed by atoms with Gasteiger partial charge in [0.15, 0.2) is 5.78 Å². The first-order chi connectivity index (χ1) is 27.8. The molecule has 4 aromatic carbocycles. The molecule has 1 aliphatic carbocycles. The van der Waals surface area contributed by atoms with Gasteiger partial charge in [-0.25, -0.2) is 4.79 Å². The number of ether oxygens (including phenoxy) is 1. The third-order valence-electron chi connectivity index (χ3n) is 9.60. The Morgan fingerprint density at radius 3 is 1.78 bits per heavy atom. The van der Waals surface area contributed by atoms with Gasteiger partial charge in [0, 0.05) is 52.9 Å². The van der Waals surface area contributed by atoms with Crippen LogP contribution in [0.5, 0.6) is 0 Å². The monoisotopic (exact) mass is 852 g/mol. The molecule has 302 valence electrons. The molecule has 0 aromatic heterocycles. The van der Waals surface area contributed by atoms with Gasteiger partial charge in [0.2, 0.25) is 0 Å². The molecule has 1 unspecified atom stereocenters. The summed E-state index contributed by atoms with van der Waals surface area (Å²) in [5.74, 6) is -2.87. The molecular weight excluding hydrogens is 816 g/mol. The number of carbonyl (C=O) groups is 5. The van der Waals surface area contributed by atoms with Crippen LogP contribution in [0.15, 0.2) is 72.8 Å². The second-order valence-electron chi connectivity index (χ2n) is 13.1. The van der Waals surface area contributed by atoms with Crippen LogP contribution in [0.25, 0.3) is 11.1 Å². The van der Waals surface area contributed by atoms with E-state index in [2.05, 4.69) is 34.4 Å². The first kappa shape index (κ1) is 44.2. The maximum absolute atomic E-state index is 13.0. The number of carboxylic acid groups (broad SMARTS) is 2. The van der Waals surface area contributed by atoms with E-state index in [9.17, 15) is 34.0 Å². The number of carbonyl (C=O) groups excluding carboxylic acids is 3. The third kappa shape index (κ3) is 10.4. The fourth-order valence-electron chi connectivity index (χ4n) is 6.79. The summed E-state index contributed by atoms with van der Waals surface area (Å²) in [6.07, 6.45) is -0.105. The average Bonchev–Trinajstić information content (AvgIpc) is 3.89. The van der Waals surface area contributed by atoms with E-state index >= 15 is 0 Å². The molecule has 0 fully saturated rings. The molecule has 2 amide bonds. The fraction of sp³-hybridized carbons (Fsp3) is 0.256. The number of aliphatic carboxylic acids is 1. The zero-order chi connectivity index (χ0) is 42.1. The number of benzene rings is 4. The molecule has 6 N–H and O–H groups in total. The maximum atomic E-state index is 13.0. The SMILES string of the molecule is CCl.O=C(O)CCCC(=O)C(CNC(=O)c1cc(Cl)c2c(c1)B(O)OC2)NC(=O)c1cc(Cl)c2c(c1)B(O)OC2.O=C(O)OCC1c2ccccc2-c2ccccc21. The molecule has 0 spiro atoms. The van der Waals surface area contributed by atoms with Crippen molar-refractivity contribution in [3.05, 3.63) is 116 Å². The van der Waals surface area contributed by atoms with Crippen LogP contribution in [-0.2, 0) is 36.8 Å². The lowest BCUT2D eigenvalue weighted by Crippen LogP contribution is -2.48. The van der Waals surface area contributed by atoms with Crippen LogP contribution < -0.4 is 21.6 Å². The predicted octanol–water partition coefficient (Wildman–Crippen LogP) is 4.13. The number of amides is 2. The zero-order valence-corrected chi connectivity index (χ0v) is 33.1. The lowest BCUT2D eigenvalue weighted by Gasteiger charge is -2.19. The molecular formula is C39H37B2Cl3N2O12. The molecule has 2 heterocycles. The van der Waals surface area contributed by atoms with E-state index in [0.29, 0.717) is 22.1 Å². The summed E-state index contributed by atoms with van der Waals surface area (Å²) in [5.41, 5.74) is 6.61. The molecule has 4 aromatic rings. The molecule has 19 heteroatoms. The van der Waals surface area contributed by atoms with Crippen molar-refractivity contribution in [1.29, 1.82) is 0 Å². The van der Waals surface area contributed by atoms with E-state index in [-0.39, 0.29) is 72.7 Å². The van der Waals surface area contributed by atoms with E-state index < -0.39 is 50.0 Å². The van der Waals surface area contributed by atoms with Crippen LogP contribution >= 0.6 is 34.8 Å². The number of halogens is 3. The number of fused-ring (bicyclic) bond motifs is 5. The molecule has 0 saturated heterocycles. The summed E-state index contributed by atoms with van der Waals surface area (Å²) in [5, 5.41) is 43.0. The van der Waals surface area contributed by atoms with Gasteiger partial charge in [0.05, 0.1) is 13.2 Å². The normalized spacial score (nSPS) is 13.7. The van der Waals surface area contributed by atoms with Crippen molar-refractivity contribution in [2.24, 2.45) is 0 Å². The van der Waals surface area contributed by atoms with Crippen molar-refractivity contribution in [1.82, 2.24) is 10.6 Å². The smallest absolute Gasteiger partial charge is 0.481 e. The molecule has 0 bridgehead atoms. The molecule has 3 aliphatic rings. The number of ketones is 1. The standard InChI is InChI=1S/C23H22B2Cl2N2O9.C15H12O3.CH3Cl/c26-17-6-11(4-15-13(17)9-37-24(15)35)22(33)28-8-19(20(30)2-1-3-21(31)32)29-23(34)12-5-16-14(18(27)7-12)10-38-25(16)36;16-15(17)18-9-14-12-7-3-1-5-10(12)11-6-2-4-8-13(11)14;1-2/h4-7,19,35-36H,1-3,8-10H2,(H,28,33)(H,29,34)(H,31,32);1-8,14H,9H2,(H,16,17);1H3. The number of nitrogens with one attached hydrogen (secondary N) is 2. The Hall–Kier alpha value is -4.93. The fourth-order valence-corrected chi connectivity index (χ4v) is 7.36. The molecule has 0 radical (unpaired) electrons. The number of Topliss-reactive ketones (excluding diaryl/α,β-unsaturated/α-hetero) is 1. The Kier molecular flexibility index (Phi) is 15.4. The summed E-state index contributed by atoms with van der Waals surface area (Å²) < 4.78 is 15.0. The Balaban J connectivity index is 0.000000265. The van der Waals surface area contributed by atoms with Crippen molar-refractivity contribution < 1.29 is 58.3 Å². The van der Waals surface area contributed by atoms with E-state index in [1.165, 1.54) is 41.8 Å². The van der Waals surface area contributed by atoms with Gasteiger partial charge >= 0.3 is 26.4 Å². The van der Waals surface area contributed by atoms with Gasteiger partial charge in [-0.15, -0.1) is 11.6 Å². The highest BCUT2D eigenvalue weighted by Crippen LogP contribution is 2.44. The van der Waals surface area contributed by atoms with Crippen molar-refractivity contribution in [2.75, 3.05) is 19.5 Å². The minimum absolute atomic E-state index is 0.00787. The van der Waals surface area contributed by atoms with Crippen LogP contribution in [0, 0.1) is 0 Å². The summed E-state index contributed by atoms with van der Waals surface area (Å²) in [4.78, 5) is 60.1. The predicted molar refractivity (Wildman–Crippen MR) is 217 cm³/mol. The van der Waals surface area contributed by atoms with Crippen LogP contribution in [-0.4, -0.2) is 89.8 Å². The first-order valence-electron chi connectivity index (χ1n) is 17.8. The number of rotatable bonds is 12. The quantitative estimate of drug-likeness (QED) is 0.0674. The first-order valence-corrected chi connectivity index (χ1v) is 19.3. The van der Waals surface area contributed by atoms with Crippen molar-refractivity contribution in [2.45, 2.75) is 44.4 Å².